The topological polar surface area (TPSA) is 51.7 Å². The third-order valence-corrected chi connectivity index (χ3v) is 2.59. The lowest BCUT2D eigenvalue weighted by molar-refractivity contribution is -0.125. The molecule has 1 fully saturated rings. The average molecular weight is 268 g/mol. The minimum Gasteiger partial charge on any atom is -0.442 e. The molecule has 1 aliphatic rings. The molecule has 6 heteroatoms. The summed E-state index contributed by atoms with van der Waals surface area (Å²) < 4.78 is 18.4. The van der Waals surface area contributed by atoms with Crippen molar-refractivity contribution in [2.24, 2.45) is 0 Å². The maximum atomic E-state index is 13.2. The number of amides is 1. The maximum absolute atomic E-state index is 13.2. The number of ether oxygens (including phenoxy) is 1. The van der Waals surface area contributed by atoms with Gasteiger partial charge in [0.2, 0.25) is 0 Å². The molecule has 0 spiro atoms. The highest BCUT2D eigenvalue weighted by Gasteiger charge is 2.35. The van der Waals surface area contributed by atoms with Gasteiger partial charge in [0.1, 0.15) is 11.4 Å². The number of hydroxylamine groups is 2. The van der Waals surface area contributed by atoms with Crippen molar-refractivity contribution < 1.29 is 18.8 Å². The predicted molar refractivity (Wildman–Crippen MR) is 65.6 cm³/mol. The average Bonchev–Trinajstić information content (AvgIpc) is 2.75. The van der Waals surface area contributed by atoms with E-state index in [1.165, 1.54) is 12.3 Å². The lowest BCUT2D eigenvalue weighted by atomic mass is 10.1. The van der Waals surface area contributed by atoms with E-state index in [4.69, 9.17) is 9.57 Å². The molecule has 1 saturated heterocycles. The second-order valence-electron chi connectivity index (χ2n) is 5.38. The van der Waals surface area contributed by atoms with Crippen molar-refractivity contribution in [2.75, 3.05) is 6.61 Å². The molecule has 0 N–H and O–H groups in total. The Kier molecular flexibility index (Phi) is 3.71. The van der Waals surface area contributed by atoms with Crippen LogP contribution >= 0.6 is 0 Å². The van der Waals surface area contributed by atoms with Gasteiger partial charge < -0.3 is 4.74 Å². The predicted octanol–water partition coefficient (Wildman–Crippen LogP) is 2.83. The van der Waals surface area contributed by atoms with Crippen LogP contribution in [0.3, 0.4) is 0 Å². The maximum Gasteiger partial charge on any atom is 0.435 e. The summed E-state index contributed by atoms with van der Waals surface area (Å²) in [5.41, 5.74) is -0.00307. The van der Waals surface area contributed by atoms with Crippen LogP contribution in [-0.2, 0) is 9.57 Å². The number of pyridine rings is 1. The van der Waals surface area contributed by atoms with E-state index in [9.17, 15) is 9.18 Å². The Labute approximate surface area is 111 Å². The number of hydrogen-bond acceptors (Lipinski definition) is 4. The molecule has 1 aliphatic heterocycles. The van der Waals surface area contributed by atoms with Gasteiger partial charge in [0.05, 0.1) is 18.8 Å². The zero-order valence-corrected chi connectivity index (χ0v) is 11.2. The molecule has 0 saturated carbocycles. The summed E-state index contributed by atoms with van der Waals surface area (Å²) in [6.07, 6.45) is 2.67. The lowest BCUT2D eigenvalue weighted by Crippen LogP contribution is -2.35. The Hall–Kier alpha value is -1.69. The van der Waals surface area contributed by atoms with Crippen LogP contribution in [0.1, 0.15) is 38.8 Å². The van der Waals surface area contributed by atoms with Gasteiger partial charge in [-0.25, -0.2) is 9.18 Å². The fourth-order valence-corrected chi connectivity index (χ4v) is 1.87. The number of hydrogen-bond donors (Lipinski definition) is 0. The number of nitrogens with zero attached hydrogens (tertiary/aromatic N) is 2. The van der Waals surface area contributed by atoms with Crippen LogP contribution in [-0.4, -0.2) is 28.3 Å². The Bertz CT molecular complexity index is 473. The van der Waals surface area contributed by atoms with Gasteiger partial charge >= 0.3 is 6.09 Å². The highest BCUT2D eigenvalue weighted by molar-refractivity contribution is 5.67. The largest absolute Gasteiger partial charge is 0.442 e. The Balaban J connectivity index is 2.15. The monoisotopic (exact) mass is 268 g/mol. The van der Waals surface area contributed by atoms with Gasteiger partial charge in [0.25, 0.3) is 0 Å². The molecule has 1 atom stereocenters. The van der Waals surface area contributed by atoms with Gasteiger partial charge in [-0.3, -0.25) is 9.82 Å². The normalized spacial score (nSPS) is 19.6. The second-order valence-corrected chi connectivity index (χ2v) is 5.38. The molecule has 0 aliphatic carbocycles. The molecule has 0 unspecified atom stereocenters. The Morgan fingerprint density at radius 1 is 1.53 bits per heavy atom. The van der Waals surface area contributed by atoms with E-state index < -0.39 is 17.5 Å². The quantitative estimate of drug-likeness (QED) is 0.786. The van der Waals surface area contributed by atoms with Gasteiger partial charge in [-0.1, -0.05) is 0 Å². The summed E-state index contributed by atoms with van der Waals surface area (Å²) in [6.45, 7) is 5.72. The first-order valence-corrected chi connectivity index (χ1v) is 6.12. The van der Waals surface area contributed by atoms with Crippen molar-refractivity contribution in [3.63, 3.8) is 0 Å². The van der Waals surface area contributed by atoms with Gasteiger partial charge in [-0.05, 0) is 32.4 Å². The first kappa shape index (κ1) is 13.7. The smallest absolute Gasteiger partial charge is 0.435 e. The fraction of sp³-hybridized carbons (Fsp3) is 0.538. The number of carbonyl (C=O) groups excluding carboxylic acids is 1. The van der Waals surface area contributed by atoms with Crippen molar-refractivity contribution in [2.45, 2.75) is 38.8 Å². The first-order chi connectivity index (χ1) is 8.87. The first-order valence-electron chi connectivity index (χ1n) is 6.12. The molecule has 2 rings (SSSR count). The highest BCUT2D eigenvalue weighted by atomic mass is 19.1. The van der Waals surface area contributed by atoms with Crippen LogP contribution in [0, 0.1) is 5.82 Å². The summed E-state index contributed by atoms with van der Waals surface area (Å²) in [5.74, 6) is -0.437. The van der Waals surface area contributed by atoms with E-state index in [2.05, 4.69) is 4.98 Å². The molecule has 1 aromatic rings. The van der Waals surface area contributed by atoms with Crippen molar-refractivity contribution in [3.05, 3.63) is 29.8 Å². The van der Waals surface area contributed by atoms with E-state index in [0.29, 0.717) is 18.6 Å². The van der Waals surface area contributed by atoms with Crippen LogP contribution in [0.2, 0.25) is 0 Å². The van der Waals surface area contributed by atoms with E-state index in [-0.39, 0.29) is 6.04 Å². The molecule has 104 valence electrons. The number of carbonyl (C=O) groups is 1. The van der Waals surface area contributed by atoms with Crippen LogP contribution in [0.15, 0.2) is 18.5 Å². The van der Waals surface area contributed by atoms with Crippen molar-refractivity contribution in [3.8, 4) is 0 Å². The van der Waals surface area contributed by atoms with Crippen LogP contribution in [0.4, 0.5) is 9.18 Å². The fourth-order valence-electron chi connectivity index (χ4n) is 1.87. The van der Waals surface area contributed by atoms with Crippen molar-refractivity contribution in [1.29, 1.82) is 0 Å². The van der Waals surface area contributed by atoms with E-state index in [1.54, 1.807) is 20.8 Å². The third-order valence-electron chi connectivity index (χ3n) is 2.59. The molecule has 5 nitrogen and oxygen atoms in total. The summed E-state index contributed by atoms with van der Waals surface area (Å²) in [6, 6.07) is 0.988. The third kappa shape index (κ3) is 3.41. The van der Waals surface area contributed by atoms with Gasteiger partial charge in [-0.2, -0.15) is 5.06 Å². The molecule has 1 aromatic heterocycles. The number of aromatic nitrogens is 1. The number of rotatable bonds is 1. The zero-order valence-electron chi connectivity index (χ0n) is 11.2. The van der Waals surface area contributed by atoms with E-state index in [0.717, 1.165) is 11.3 Å². The molecule has 0 bridgehead atoms. The van der Waals surface area contributed by atoms with Crippen molar-refractivity contribution in [1.82, 2.24) is 10.0 Å². The standard InChI is InChI=1S/C13H17FN2O3/c1-13(2,3)19-12(17)16-11(4-5-18-16)9-6-10(14)8-15-7-9/h6-8,11H,4-5H2,1-3H3/t11-/m0/s1. The number of halogens is 1. The molecular formula is C13H17FN2O3. The second kappa shape index (κ2) is 5.13. The Morgan fingerprint density at radius 3 is 2.89 bits per heavy atom. The van der Waals surface area contributed by atoms with Crippen LogP contribution < -0.4 is 0 Å². The summed E-state index contributed by atoms with van der Waals surface area (Å²) in [4.78, 5) is 21.1. The SMILES string of the molecule is CC(C)(C)OC(=O)N1OCC[C@H]1c1cncc(F)c1. The molecule has 0 radical (unpaired) electrons. The van der Waals surface area contributed by atoms with Crippen molar-refractivity contribution >= 4 is 6.09 Å². The summed E-state index contributed by atoms with van der Waals surface area (Å²) in [5, 5.41) is 1.15. The van der Waals surface area contributed by atoms with Gasteiger partial charge in [-0.15, -0.1) is 0 Å². The molecule has 2 heterocycles. The lowest BCUT2D eigenvalue weighted by Gasteiger charge is -2.26. The van der Waals surface area contributed by atoms with Crippen LogP contribution in [0.5, 0.6) is 0 Å². The molecule has 0 aromatic carbocycles. The minimum atomic E-state index is -0.603. The van der Waals surface area contributed by atoms with Gasteiger partial charge in [0.15, 0.2) is 0 Å². The molecule has 1 amide bonds. The molecule has 19 heavy (non-hydrogen) atoms. The minimum absolute atomic E-state index is 0.363. The zero-order chi connectivity index (χ0) is 14.0. The summed E-state index contributed by atoms with van der Waals surface area (Å²) >= 11 is 0. The Morgan fingerprint density at radius 2 is 2.26 bits per heavy atom. The van der Waals surface area contributed by atoms with Crippen LogP contribution in [0.25, 0.3) is 0 Å². The van der Waals surface area contributed by atoms with E-state index in [1.807, 2.05) is 0 Å². The summed E-state index contributed by atoms with van der Waals surface area (Å²) in [7, 11) is 0. The highest BCUT2D eigenvalue weighted by Crippen LogP contribution is 2.31. The molecular weight excluding hydrogens is 251 g/mol. The van der Waals surface area contributed by atoms with Gasteiger partial charge in [0, 0.05) is 12.6 Å². The van der Waals surface area contributed by atoms with E-state index >= 15 is 0 Å².